The van der Waals surface area contributed by atoms with Crippen LogP contribution in [0.1, 0.15) is 54.3 Å². The third kappa shape index (κ3) is 6.65. The van der Waals surface area contributed by atoms with E-state index >= 15 is 0 Å². The van der Waals surface area contributed by atoms with Crippen LogP contribution in [0.3, 0.4) is 0 Å². The first-order valence-corrected chi connectivity index (χ1v) is 11.2. The lowest BCUT2D eigenvalue weighted by Crippen LogP contribution is -2.23. The number of ketones is 1. The number of rotatable bonds is 10. The van der Waals surface area contributed by atoms with Crippen LogP contribution in [-0.4, -0.2) is 23.3 Å². The van der Waals surface area contributed by atoms with Crippen LogP contribution in [0.25, 0.3) is 0 Å². The molecule has 6 heteroatoms. The number of aromatic nitrogens is 1. The van der Waals surface area contributed by atoms with Gasteiger partial charge in [-0.25, -0.2) is 0 Å². The van der Waals surface area contributed by atoms with Crippen molar-refractivity contribution in [1.82, 2.24) is 10.3 Å². The van der Waals surface area contributed by atoms with E-state index in [1.54, 1.807) is 30.5 Å². The number of nitrogens with zero attached hydrogens (tertiary/aromatic N) is 1. The van der Waals surface area contributed by atoms with Gasteiger partial charge in [-0.3, -0.25) is 14.6 Å². The Hall–Kier alpha value is -3.67. The summed E-state index contributed by atoms with van der Waals surface area (Å²) >= 11 is 0. The monoisotopic (exact) mass is 444 g/mol. The number of Topliss-reactive ketones (excluding diaryl/α,β-unsaturated/α-hetero) is 1. The van der Waals surface area contributed by atoms with Gasteiger partial charge in [0.1, 0.15) is 17.2 Å². The second-order valence-electron chi connectivity index (χ2n) is 8.46. The van der Waals surface area contributed by atoms with Gasteiger partial charge < -0.3 is 14.8 Å². The summed E-state index contributed by atoms with van der Waals surface area (Å²) in [6.07, 6.45) is 4.40. The Kier molecular flexibility index (Phi) is 7.03. The molecule has 1 heterocycles. The fourth-order valence-electron chi connectivity index (χ4n) is 3.42. The van der Waals surface area contributed by atoms with Gasteiger partial charge in [-0.1, -0.05) is 12.1 Å². The van der Waals surface area contributed by atoms with E-state index in [9.17, 15) is 9.59 Å². The van der Waals surface area contributed by atoms with Crippen molar-refractivity contribution in [1.29, 1.82) is 0 Å². The molecule has 33 heavy (non-hydrogen) atoms. The lowest BCUT2D eigenvalue weighted by Gasteiger charge is -2.12. The van der Waals surface area contributed by atoms with E-state index in [-0.39, 0.29) is 24.2 Å². The second kappa shape index (κ2) is 10.3. The molecule has 2 aromatic carbocycles. The Balaban J connectivity index is 1.32. The van der Waals surface area contributed by atoms with E-state index in [1.165, 1.54) is 19.8 Å². The molecule has 4 rings (SSSR count). The molecule has 1 saturated carbocycles. The van der Waals surface area contributed by atoms with Gasteiger partial charge in [0.15, 0.2) is 5.78 Å². The normalized spacial score (nSPS) is 13.8. The summed E-state index contributed by atoms with van der Waals surface area (Å²) in [6, 6.07) is 18.3. The van der Waals surface area contributed by atoms with Crippen molar-refractivity contribution in [3.63, 3.8) is 0 Å². The quantitative estimate of drug-likeness (QED) is 0.430. The van der Waals surface area contributed by atoms with Gasteiger partial charge in [0.25, 0.3) is 0 Å². The molecule has 1 aliphatic rings. The van der Waals surface area contributed by atoms with Crippen LogP contribution >= 0.6 is 0 Å². The average Bonchev–Trinajstić information content (AvgIpc) is 3.63. The first-order valence-electron chi connectivity index (χ1n) is 11.2. The van der Waals surface area contributed by atoms with Crippen LogP contribution in [0.4, 0.5) is 0 Å². The minimum atomic E-state index is -0.127. The molecular weight excluding hydrogens is 416 g/mol. The minimum Gasteiger partial charge on any atom is -0.493 e. The lowest BCUT2D eigenvalue weighted by molar-refractivity contribution is -0.119. The van der Waals surface area contributed by atoms with Crippen molar-refractivity contribution in [2.24, 2.45) is 5.92 Å². The van der Waals surface area contributed by atoms with Crippen LogP contribution in [0, 0.1) is 5.92 Å². The zero-order chi connectivity index (χ0) is 23.2. The highest BCUT2D eigenvalue weighted by Crippen LogP contribution is 2.31. The van der Waals surface area contributed by atoms with Gasteiger partial charge in [-0.05, 0) is 73.7 Å². The van der Waals surface area contributed by atoms with Crippen molar-refractivity contribution < 1.29 is 19.1 Å². The number of pyridine rings is 1. The fraction of sp³-hybridized carbons (Fsp3) is 0.296. The Morgan fingerprint density at radius 1 is 1.03 bits per heavy atom. The maximum atomic E-state index is 12.7. The van der Waals surface area contributed by atoms with Crippen LogP contribution < -0.4 is 14.8 Å². The molecule has 1 unspecified atom stereocenters. The lowest BCUT2D eigenvalue weighted by atomic mass is 10.0. The van der Waals surface area contributed by atoms with E-state index in [2.05, 4.69) is 10.3 Å². The van der Waals surface area contributed by atoms with E-state index in [1.807, 2.05) is 43.3 Å². The Bertz CT molecular complexity index is 1110. The van der Waals surface area contributed by atoms with Gasteiger partial charge in [-0.2, -0.15) is 0 Å². The summed E-state index contributed by atoms with van der Waals surface area (Å²) in [5.74, 6) is 2.73. The number of hydrogen-bond acceptors (Lipinski definition) is 5. The molecule has 0 radical (unpaired) electrons. The molecule has 170 valence electrons. The number of nitrogens with one attached hydrogen (secondary N) is 1. The second-order valence-corrected chi connectivity index (χ2v) is 8.46. The Morgan fingerprint density at radius 3 is 2.45 bits per heavy atom. The van der Waals surface area contributed by atoms with Crippen LogP contribution in [-0.2, 0) is 11.2 Å². The molecule has 1 amide bonds. The average molecular weight is 445 g/mol. The molecule has 0 aliphatic heterocycles. The van der Waals surface area contributed by atoms with Crippen molar-refractivity contribution in [3.8, 4) is 17.2 Å². The Labute approximate surface area is 194 Å². The standard InChI is InChI=1S/C27H28N2O4/c1-18(29-19(2)30)22-8-11-23(28-16-22)14-27(31)21-9-12-24(13-10-21)33-26-5-3-4-25(15-26)32-17-20-6-7-20/h3-5,8-13,15-16,18,20H,6-7,14,17H2,1-2H3,(H,29,30). The summed E-state index contributed by atoms with van der Waals surface area (Å²) in [5, 5.41) is 2.82. The van der Waals surface area contributed by atoms with Gasteiger partial charge in [0.2, 0.25) is 5.91 Å². The Morgan fingerprint density at radius 2 is 1.79 bits per heavy atom. The van der Waals surface area contributed by atoms with Gasteiger partial charge in [-0.15, -0.1) is 0 Å². The maximum absolute atomic E-state index is 12.7. The zero-order valence-electron chi connectivity index (χ0n) is 18.9. The maximum Gasteiger partial charge on any atom is 0.217 e. The largest absolute Gasteiger partial charge is 0.493 e. The highest BCUT2D eigenvalue weighted by atomic mass is 16.5. The van der Waals surface area contributed by atoms with Crippen molar-refractivity contribution in [2.45, 2.75) is 39.2 Å². The van der Waals surface area contributed by atoms with E-state index < -0.39 is 0 Å². The molecule has 0 spiro atoms. The number of ether oxygens (including phenoxy) is 2. The van der Waals surface area contributed by atoms with E-state index in [0.717, 1.165) is 17.9 Å². The first kappa shape index (κ1) is 22.5. The summed E-state index contributed by atoms with van der Waals surface area (Å²) in [6.45, 7) is 4.13. The summed E-state index contributed by atoms with van der Waals surface area (Å²) in [4.78, 5) is 28.2. The topological polar surface area (TPSA) is 77.5 Å². The predicted molar refractivity (Wildman–Crippen MR) is 126 cm³/mol. The molecule has 1 atom stereocenters. The van der Waals surface area contributed by atoms with Gasteiger partial charge in [0.05, 0.1) is 19.1 Å². The minimum absolute atomic E-state index is 0.0211. The zero-order valence-corrected chi connectivity index (χ0v) is 18.9. The van der Waals surface area contributed by atoms with E-state index in [0.29, 0.717) is 28.7 Å². The third-order valence-corrected chi connectivity index (χ3v) is 5.51. The molecule has 0 saturated heterocycles. The SMILES string of the molecule is CC(=O)NC(C)c1ccc(CC(=O)c2ccc(Oc3cccc(OCC4CC4)c3)cc2)nc1. The molecule has 6 nitrogen and oxygen atoms in total. The van der Waals surface area contributed by atoms with Crippen molar-refractivity contribution in [3.05, 3.63) is 83.7 Å². The van der Waals surface area contributed by atoms with Gasteiger partial charge >= 0.3 is 0 Å². The van der Waals surface area contributed by atoms with Crippen LogP contribution in [0.2, 0.25) is 0 Å². The predicted octanol–water partition coefficient (Wildman–Crippen LogP) is 5.29. The number of hydrogen-bond donors (Lipinski definition) is 1. The summed E-state index contributed by atoms with van der Waals surface area (Å²) < 4.78 is 11.7. The molecule has 1 aromatic heterocycles. The smallest absolute Gasteiger partial charge is 0.217 e. The van der Waals surface area contributed by atoms with Crippen molar-refractivity contribution >= 4 is 11.7 Å². The summed E-state index contributed by atoms with van der Waals surface area (Å²) in [7, 11) is 0. The first-order chi connectivity index (χ1) is 16.0. The van der Waals surface area contributed by atoms with Crippen LogP contribution in [0.15, 0.2) is 66.9 Å². The number of amides is 1. The highest BCUT2D eigenvalue weighted by Gasteiger charge is 2.21. The number of carbonyl (C=O) groups is 2. The fourth-order valence-corrected chi connectivity index (χ4v) is 3.42. The molecule has 0 bridgehead atoms. The molecule has 3 aromatic rings. The summed E-state index contributed by atoms with van der Waals surface area (Å²) in [5.41, 5.74) is 2.17. The van der Waals surface area contributed by atoms with Gasteiger partial charge in [0, 0.05) is 30.4 Å². The van der Waals surface area contributed by atoms with Crippen LogP contribution in [0.5, 0.6) is 17.2 Å². The number of benzene rings is 2. The molecule has 1 aliphatic carbocycles. The molecular formula is C27H28N2O4. The van der Waals surface area contributed by atoms with Crippen molar-refractivity contribution in [2.75, 3.05) is 6.61 Å². The third-order valence-electron chi connectivity index (χ3n) is 5.51. The molecule has 1 fully saturated rings. The van der Waals surface area contributed by atoms with E-state index in [4.69, 9.17) is 9.47 Å². The molecule has 1 N–H and O–H groups in total. The number of carbonyl (C=O) groups excluding carboxylic acids is 2. The highest BCUT2D eigenvalue weighted by molar-refractivity contribution is 5.97.